The third kappa shape index (κ3) is 3.08. The van der Waals surface area contributed by atoms with Crippen LogP contribution in [0, 0.1) is 0 Å². The number of nitrogens with zero attached hydrogens (tertiary/aromatic N) is 5. The molecule has 2 heterocycles. The van der Waals surface area contributed by atoms with Gasteiger partial charge in [-0.1, -0.05) is 0 Å². The van der Waals surface area contributed by atoms with E-state index in [9.17, 15) is 9.90 Å². The van der Waals surface area contributed by atoms with Crippen molar-refractivity contribution in [2.75, 3.05) is 12.0 Å². The van der Waals surface area contributed by atoms with Crippen LogP contribution in [0.15, 0.2) is 24.5 Å². The summed E-state index contributed by atoms with van der Waals surface area (Å²) in [7, 11) is 0. The van der Waals surface area contributed by atoms with Crippen LogP contribution in [0.25, 0.3) is 11.4 Å². The lowest BCUT2D eigenvalue weighted by atomic mass is 10.2. The van der Waals surface area contributed by atoms with Crippen molar-refractivity contribution in [3.8, 4) is 11.4 Å². The molecule has 0 spiro atoms. The molecule has 2 rings (SSSR count). The minimum absolute atomic E-state index is 0.441. The number of aliphatic carboxylic acids is 1. The fourth-order valence-corrected chi connectivity index (χ4v) is 2.13. The van der Waals surface area contributed by atoms with Crippen LogP contribution in [0.1, 0.15) is 12.5 Å². The molecule has 2 aromatic heterocycles. The highest BCUT2D eigenvalue weighted by atomic mass is 32.2. The fraction of sp³-hybridized carbons (Fsp3) is 0.364. The van der Waals surface area contributed by atoms with Crippen molar-refractivity contribution >= 4 is 17.7 Å². The Morgan fingerprint density at radius 3 is 2.84 bits per heavy atom. The maximum atomic E-state index is 11.3. The third-order valence-corrected chi connectivity index (χ3v) is 3.25. The number of rotatable bonds is 6. The van der Waals surface area contributed by atoms with Crippen LogP contribution < -0.4 is 0 Å². The predicted molar refractivity (Wildman–Crippen MR) is 70.7 cm³/mol. The maximum absolute atomic E-state index is 11.3. The first-order valence-electron chi connectivity index (χ1n) is 5.64. The van der Waals surface area contributed by atoms with Gasteiger partial charge in [0.25, 0.3) is 0 Å². The summed E-state index contributed by atoms with van der Waals surface area (Å²) < 4.78 is 1.36. The highest BCUT2D eigenvalue weighted by molar-refractivity contribution is 7.98. The number of hydrogen-bond donors (Lipinski definition) is 1. The molecule has 0 aliphatic heterocycles. The van der Waals surface area contributed by atoms with Gasteiger partial charge >= 0.3 is 5.97 Å². The van der Waals surface area contributed by atoms with Gasteiger partial charge in [0, 0.05) is 18.0 Å². The highest BCUT2D eigenvalue weighted by Crippen LogP contribution is 2.21. The van der Waals surface area contributed by atoms with Gasteiger partial charge in [0.1, 0.15) is 0 Å². The summed E-state index contributed by atoms with van der Waals surface area (Å²) in [5, 5.41) is 20.6. The molecule has 0 amide bonds. The minimum Gasteiger partial charge on any atom is -0.480 e. The van der Waals surface area contributed by atoms with Crippen molar-refractivity contribution in [2.45, 2.75) is 12.5 Å². The second-order valence-corrected chi connectivity index (χ2v) is 4.80. The highest BCUT2D eigenvalue weighted by Gasteiger charge is 2.24. The number of thioether (sulfide) groups is 1. The van der Waals surface area contributed by atoms with E-state index in [1.54, 1.807) is 36.3 Å². The van der Waals surface area contributed by atoms with E-state index < -0.39 is 12.0 Å². The summed E-state index contributed by atoms with van der Waals surface area (Å²) in [6, 6.07) is 2.73. The predicted octanol–water partition coefficient (Wildman–Crippen LogP) is 1.11. The van der Waals surface area contributed by atoms with Crippen molar-refractivity contribution in [1.29, 1.82) is 0 Å². The van der Waals surface area contributed by atoms with Crippen LogP contribution >= 0.6 is 11.8 Å². The molecule has 1 atom stereocenters. The summed E-state index contributed by atoms with van der Waals surface area (Å²) in [5.74, 6) is 0.236. The van der Waals surface area contributed by atoms with Crippen molar-refractivity contribution in [2.24, 2.45) is 0 Å². The Bertz CT molecular complexity index is 545. The molecule has 0 saturated heterocycles. The Labute approximate surface area is 114 Å². The fourth-order valence-electron chi connectivity index (χ4n) is 1.67. The van der Waals surface area contributed by atoms with Gasteiger partial charge < -0.3 is 5.11 Å². The van der Waals surface area contributed by atoms with E-state index in [1.807, 2.05) is 6.26 Å². The molecule has 0 aliphatic rings. The largest absolute Gasteiger partial charge is 0.480 e. The molecule has 0 radical (unpaired) electrons. The summed E-state index contributed by atoms with van der Waals surface area (Å²) in [6.07, 6.45) is 5.64. The lowest BCUT2D eigenvalue weighted by Gasteiger charge is -2.13. The first kappa shape index (κ1) is 13.5. The SMILES string of the molecule is CSCCC(C(=O)O)n1nnnc1-c1ccncc1. The van der Waals surface area contributed by atoms with Crippen molar-refractivity contribution < 1.29 is 9.90 Å². The summed E-state index contributed by atoms with van der Waals surface area (Å²) in [6.45, 7) is 0. The zero-order valence-electron chi connectivity index (χ0n) is 10.3. The lowest BCUT2D eigenvalue weighted by Crippen LogP contribution is -2.22. The molecular formula is C11H13N5O2S. The van der Waals surface area contributed by atoms with Crippen molar-refractivity contribution in [3.05, 3.63) is 24.5 Å². The lowest BCUT2D eigenvalue weighted by molar-refractivity contribution is -0.141. The van der Waals surface area contributed by atoms with Gasteiger partial charge in [-0.2, -0.15) is 11.8 Å². The van der Waals surface area contributed by atoms with Gasteiger partial charge in [0.15, 0.2) is 11.9 Å². The van der Waals surface area contributed by atoms with Gasteiger partial charge in [-0.3, -0.25) is 4.98 Å². The quantitative estimate of drug-likeness (QED) is 0.846. The molecule has 19 heavy (non-hydrogen) atoms. The smallest absolute Gasteiger partial charge is 0.328 e. The van der Waals surface area contributed by atoms with Crippen LogP contribution in [0.5, 0.6) is 0 Å². The van der Waals surface area contributed by atoms with E-state index in [1.165, 1.54) is 4.68 Å². The van der Waals surface area contributed by atoms with Crippen molar-refractivity contribution in [1.82, 2.24) is 25.2 Å². The summed E-state index contributed by atoms with van der Waals surface area (Å²) >= 11 is 1.59. The number of tetrazole rings is 1. The molecule has 2 aromatic rings. The van der Waals surface area contributed by atoms with E-state index in [-0.39, 0.29) is 0 Å². The second-order valence-electron chi connectivity index (χ2n) is 3.82. The van der Waals surface area contributed by atoms with Gasteiger partial charge in [-0.05, 0) is 41.0 Å². The van der Waals surface area contributed by atoms with Crippen LogP contribution in [0.2, 0.25) is 0 Å². The number of hydrogen-bond acceptors (Lipinski definition) is 6. The van der Waals surface area contributed by atoms with Gasteiger partial charge in [-0.15, -0.1) is 5.10 Å². The molecule has 0 aliphatic carbocycles. The third-order valence-electron chi connectivity index (χ3n) is 2.61. The van der Waals surface area contributed by atoms with Crippen molar-refractivity contribution in [3.63, 3.8) is 0 Å². The number of pyridine rings is 1. The second kappa shape index (κ2) is 6.28. The molecule has 0 fully saturated rings. The molecule has 1 unspecified atom stereocenters. The minimum atomic E-state index is -0.934. The standard InChI is InChI=1S/C11H13N5O2S/c1-19-7-4-9(11(17)18)16-10(13-14-15-16)8-2-5-12-6-3-8/h2-3,5-6,9H,4,7H2,1H3,(H,17,18). The normalized spacial score (nSPS) is 12.3. The topological polar surface area (TPSA) is 93.8 Å². The Hall–Kier alpha value is -1.96. The molecule has 0 bridgehead atoms. The zero-order chi connectivity index (χ0) is 13.7. The number of carbonyl (C=O) groups is 1. The van der Waals surface area contributed by atoms with E-state index >= 15 is 0 Å². The molecule has 100 valence electrons. The van der Waals surface area contributed by atoms with E-state index in [0.717, 1.165) is 11.3 Å². The number of aromatic nitrogens is 5. The van der Waals surface area contributed by atoms with Crippen LogP contribution in [-0.2, 0) is 4.79 Å². The van der Waals surface area contributed by atoms with Crippen LogP contribution in [-0.4, -0.2) is 48.3 Å². The number of carboxylic acids is 1. The first-order valence-corrected chi connectivity index (χ1v) is 7.03. The average molecular weight is 279 g/mol. The summed E-state index contributed by atoms with van der Waals surface area (Å²) in [4.78, 5) is 15.3. The van der Waals surface area contributed by atoms with Gasteiger partial charge in [0.05, 0.1) is 0 Å². The van der Waals surface area contributed by atoms with E-state index in [0.29, 0.717) is 12.2 Å². The molecular weight excluding hydrogens is 266 g/mol. The average Bonchev–Trinajstić information content (AvgIpc) is 2.89. The molecule has 8 heteroatoms. The van der Waals surface area contributed by atoms with Crippen LogP contribution in [0.3, 0.4) is 0 Å². The zero-order valence-corrected chi connectivity index (χ0v) is 11.1. The molecule has 0 saturated carbocycles. The van der Waals surface area contributed by atoms with E-state index in [4.69, 9.17) is 0 Å². The van der Waals surface area contributed by atoms with Crippen LogP contribution in [0.4, 0.5) is 0 Å². The molecule has 0 aromatic carbocycles. The van der Waals surface area contributed by atoms with Gasteiger partial charge in [0.2, 0.25) is 0 Å². The summed E-state index contributed by atoms with van der Waals surface area (Å²) in [5.41, 5.74) is 0.746. The Morgan fingerprint density at radius 1 is 1.47 bits per heavy atom. The Kier molecular flexibility index (Phi) is 4.45. The Morgan fingerprint density at radius 2 is 2.21 bits per heavy atom. The monoisotopic (exact) mass is 279 g/mol. The Balaban J connectivity index is 2.34. The molecule has 1 N–H and O–H groups in total. The number of carboxylic acid groups (broad SMARTS) is 1. The first-order chi connectivity index (χ1) is 9.24. The van der Waals surface area contributed by atoms with Gasteiger partial charge in [-0.25, -0.2) is 9.48 Å². The maximum Gasteiger partial charge on any atom is 0.328 e. The van der Waals surface area contributed by atoms with E-state index in [2.05, 4.69) is 20.5 Å². The molecule has 7 nitrogen and oxygen atoms in total.